The number of nitrogens with one attached hydrogen (secondary N) is 1. The highest BCUT2D eigenvalue weighted by Gasteiger charge is 2.32. The van der Waals surface area contributed by atoms with Gasteiger partial charge in [-0.2, -0.15) is 0 Å². The first-order chi connectivity index (χ1) is 10.0. The minimum Gasteiger partial charge on any atom is -0.355 e. The Kier molecular flexibility index (Phi) is 8.10. The quantitative estimate of drug-likeness (QED) is 0.705. The third-order valence-electron chi connectivity index (χ3n) is 4.60. The Morgan fingerprint density at radius 2 is 1.95 bits per heavy atom. The molecule has 130 valence electrons. The van der Waals surface area contributed by atoms with E-state index in [2.05, 4.69) is 5.32 Å². The average molecular weight is 354 g/mol. The van der Waals surface area contributed by atoms with Crippen LogP contribution in [0.3, 0.4) is 0 Å². The van der Waals surface area contributed by atoms with E-state index < -0.39 is 10.0 Å². The molecule has 1 saturated carbocycles. The summed E-state index contributed by atoms with van der Waals surface area (Å²) in [5, 5.41) is 2.76. The molecule has 0 aromatic rings. The maximum Gasteiger partial charge on any atom is 0.224 e. The van der Waals surface area contributed by atoms with E-state index in [4.69, 9.17) is 5.73 Å². The summed E-state index contributed by atoms with van der Waals surface area (Å²) >= 11 is 0. The minimum atomic E-state index is -3.21. The smallest absolute Gasteiger partial charge is 0.224 e. The summed E-state index contributed by atoms with van der Waals surface area (Å²) in [6.07, 6.45) is 5.84. The molecule has 6 nitrogen and oxygen atoms in total. The molecule has 0 bridgehead atoms. The zero-order valence-corrected chi connectivity index (χ0v) is 14.6. The van der Waals surface area contributed by atoms with Crippen molar-refractivity contribution in [1.29, 1.82) is 0 Å². The van der Waals surface area contributed by atoms with E-state index in [1.54, 1.807) is 0 Å². The maximum absolute atomic E-state index is 12.4. The van der Waals surface area contributed by atoms with Crippen LogP contribution in [0.2, 0.25) is 0 Å². The number of hydrogen-bond acceptors (Lipinski definition) is 4. The molecule has 0 aromatic heterocycles. The molecule has 2 aliphatic rings. The van der Waals surface area contributed by atoms with Crippen molar-refractivity contribution in [3.8, 4) is 0 Å². The van der Waals surface area contributed by atoms with Crippen LogP contribution in [-0.2, 0) is 14.8 Å². The van der Waals surface area contributed by atoms with Crippen molar-refractivity contribution >= 4 is 28.3 Å². The van der Waals surface area contributed by atoms with Crippen molar-refractivity contribution in [1.82, 2.24) is 9.62 Å². The number of amides is 1. The molecule has 0 aromatic carbocycles. The number of sulfonamides is 1. The summed E-state index contributed by atoms with van der Waals surface area (Å²) < 4.78 is 26.3. The van der Waals surface area contributed by atoms with Crippen LogP contribution in [0, 0.1) is 11.8 Å². The van der Waals surface area contributed by atoms with Gasteiger partial charge in [0.05, 0.1) is 11.7 Å². The lowest BCUT2D eigenvalue weighted by Crippen LogP contribution is -2.46. The van der Waals surface area contributed by atoms with Crippen LogP contribution in [-0.4, -0.2) is 50.6 Å². The van der Waals surface area contributed by atoms with Gasteiger partial charge in [-0.25, -0.2) is 12.7 Å². The molecule has 1 aliphatic carbocycles. The first kappa shape index (κ1) is 19.7. The lowest BCUT2D eigenvalue weighted by molar-refractivity contribution is -0.126. The normalized spacial score (nSPS) is 23.4. The van der Waals surface area contributed by atoms with Gasteiger partial charge in [-0.1, -0.05) is 19.3 Å². The summed E-state index contributed by atoms with van der Waals surface area (Å²) in [6, 6.07) is 0. The SMILES string of the molecule is Cl.NCCNC(=O)C1CCCN(S(=O)(=O)CCC2CCC2)C1. The molecule has 0 radical (unpaired) electrons. The Hall–Kier alpha value is -0.370. The van der Waals surface area contributed by atoms with Crippen molar-refractivity contribution in [2.24, 2.45) is 17.6 Å². The highest BCUT2D eigenvalue weighted by atomic mass is 35.5. The number of piperidine rings is 1. The predicted molar refractivity (Wildman–Crippen MR) is 89.4 cm³/mol. The fourth-order valence-corrected chi connectivity index (χ4v) is 4.68. The number of carbonyl (C=O) groups excluding carboxylic acids is 1. The van der Waals surface area contributed by atoms with Crippen LogP contribution in [0.1, 0.15) is 38.5 Å². The molecule has 0 spiro atoms. The Balaban J connectivity index is 0.00000242. The van der Waals surface area contributed by atoms with E-state index >= 15 is 0 Å². The number of carbonyl (C=O) groups is 1. The average Bonchev–Trinajstić information content (AvgIpc) is 2.43. The van der Waals surface area contributed by atoms with E-state index in [-0.39, 0.29) is 30.0 Å². The van der Waals surface area contributed by atoms with Crippen LogP contribution in [0.15, 0.2) is 0 Å². The second-order valence-electron chi connectivity index (χ2n) is 6.18. The molecular weight excluding hydrogens is 326 g/mol. The summed E-state index contributed by atoms with van der Waals surface area (Å²) in [6.45, 7) is 1.72. The largest absolute Gasteiger partial charge is 0.355 e. The molecule has 2 rings (SSSR count). The highest BCUT2D eigenvalue weighted by Crippen LogP contribution is 2.30. The van der Waals surface area contributed by atoms with Gasteiger partial charge >= 0.3 is 0 Å². The minimum absolute atomic E-state index is 0. The van der Waals surface area contributed by atoms with Crippen LogP contribution < -0.4 is 11.1 Å². The molecule has 2 fully saturated rings. The summed E-state index contributed by atoms with van der Waals surface area (Å²) in [5.74, 6) is 0.519. The molecule has 1 amide bonds. The van der Waals surface area contributed by atoms with Gasteiger partial charge in [0.1, 0.15) is 0 Å². The van der Waals surface area contributed by atoms with E-state index in [9.17, 15) is 13.2 Å². The van der Waals surface area contributed by atoms with Gasteiger partial charge in [-0.15, -0.1) is 12.4 Å². The number of nitrogens with zero attached hydrogens (tertiary/aromatic N) is 1. The van der Waals surface area contributed by atoms with Gasteiger partial charge in [0, 0.05) is 26.2 Å². The standard InChI is InChI=1S/C14H27N3O3S.ClH/c15-7-8-16-14(18)13-5-2-9-17(11-13)21(19,20)10-6-12-3-1-4-12;/h12-13H,1-11,15H2,(H,16,18);1H. The van der Waals surface area contributed by atoms with E-state index in [1.165, 1.54) is 23.6 Å². The molecule has 22 heavy (non-hydrogen) atoms. The topological polar surface area (TPSA) is 92.5 Å². The third kappa shape index (κ3) is 5.37. The van der Waals surface area contributed by atoms with E-state index in [1.807, 2.05) is 0 Å². The zero-order chi connectivity index (χ0) is 15.3. The fraction of sp³-hybridized carbons (Fsp3) is 0.929. The Labute approximate surface area is 139 Å². The molecule has 1 heterocycles. The van der Waals surface area contributed by atoms with Crippen LogP contribution in [0.25, 0.3) is 0 Å². The summed E-state index contributed by atoms with van der Waals surface area (Å²) in [7, 11) is -3.21. The zero-order valence-electron chi connectivity index (χ0n) is 13.0. The van der Waals surface area contributed by atoms with Gasteiger partial charge in [-0.05, 0) is 25.2 Å². The fourth-order valence-electron chi connectivity index (χ4n) is 2.97. The summed E-state index contributed by atoms with van der Waals surface area (Å²) in [4.78, 5) is 12.0. The molecule has 8 heteroatoms. The summed E-state index contributed by atoms with van der Waals surface area (Å²) in [5.41, 5.74) is 5.37. The third-order valence-corrected chi connectivity index (χ3v) is 6.47. The van der Waals surface area contributed by atoms with Crippen molar-refractivity contribution in [3.63, 3.8) is 0 Å². The Morgan fingerprint density at radius 3 is 2.55 bits per heavy atom. The van der Waals surface area contributed by atoms with Crippen LogP contribution in [0.4, 0.5) is 0 Å². The van der Waals surface area contributed by atoms with Crippen molar-refractivity contribution in [3.05, 3.63) is 0 Å². The molecule has 3 N–H and O–H groups in total. The molecule has 1 atom stereocenters. The number of nitrogens with two attached hydrogens (primary N) is 1. The Morgan fingerprint density at radius 1 is 1.23 bits per heavy atom. The van der Waals surface area contributed by atoms with Gasteiger partial charge in [0.2, 0.25) is 15.9 Å². The number of rotatable bonds is 7. The predicted octanol–water partition coefficient (Wildman–Crippen LogP) is 0.715. The second kappa shape index (κ2) is 9.05. The lowest BCUT2D eigenvalue weighted by Gasteiger charge is -2.32. The van der Waals surface area contributed by atoms with Crippen molar-refractivity contribution < 1.29 is 13.2 Å². The van der Waals surface area contributed by atoms with E-state index in [0.29, 0.717) is 32.1 Å². The number of hydrogen-bond donors (Lipinski definition) is 2. The molecular formula is C14H28ClN3O3S. The highest BCUT2D eigenvalue weighted by molar-refractivity contribution is 7.89. The van der Waals surface area contributed by atoms with E-state index in [0.717, 1.165) is 19.3 Å². The van der Waals surface area contributed by atoms with Crippen LogP contribution in [0.5, 0.6) is 0 Å². The van der Waals surface area contributed by atoms with Gasteiger partial charge in [0.15, 0.2) is 0 Å². The maximum atomic E-state index is 12.4. The second-order valence-corrected chi connectivity index (χ2v) is 8.27. The van der Waals surface area contributed by atoms with Gasteiger partial charge < -0.3 is 11.1 Å². The van der Waals surface area contributed by atoms with Gasteiger partial charge in [-0.3, -0.25) is 4.79 Å². The lowest BCUT2D eigenvalue weighted by atomic mass is 9.84. The van der Waals surface area contributed by atoms with Crippen LogP contribution >= 0.6 is 12.4 Å². The first-order valence-electron chi connectivity index (χ1n) is 7.98. The monoisotopic (exact) mass is 353 g/mol. The molecule has 1 aliphatic heterocycles. The first-order valence-corrected chi connectivity index (χ1v) is 9.59. The Bertz CT molecular complexity index is 454. The molecule has 1 saturated heterocycles. The molecule has 1 unspecified atom stereocenters. The van der Waals surface area contributed by atoms with Gasteiger partial charge in [0.25, 0.3) is 0 Å². The number of halogens is 1. The van der Waals surface area contributed by atoms with Crippen molar-refractivity contribution in [2.45, 2.75) is 38.5 Å². The van der Waals surface area contributed by atoms with Crippen molar-refractivity contribution in [2.75, 3.05) is 31.9 Å².